The summed E-state index contributed by atoms with van der Waals surface area (Å²) in [5, 5.41) is 3.05. The number of anilines is 1. The molecular weight excluding hydrogens is 466 g/mol. The fraction of sp³-hybridized carbons (Fsp3) is 0.391. The fourth-order valence-corrected chi connectivity index (χ4v) is 3.79. The molecule has 1 aliphatic rings. The predicted molar refractivity (Wildman–Crippen MR) is 117 cm³/mol. The van der Waals surface area contributed by atoms with Gasteiger partial charge in [-0.15, -0.1) is 0 Å². The van der Waals surface area contributed by atoms with Gasteiger partial charge < -0.3 is 10.1 Å². The van der Waals surface area contributed by atoms with Crippen LogP contribution in [0, 0.1) is 5.92 Å². The van der Waals surface area contributed by atoms with Gasteiger partial charge in [-0.2, -0.15) is 13.2 Å². The number of hydrogen-bond donors (Lipinski definition) is 1. The van der Waals surface area contributed by atoms with Gasteiger partial charge in [-0.25, -0.2) is 0 Å². The van der Waals surface area contributed by atoms with Crippen LogP contribution in [0.15, 0.2) is 42.5 Å². The van der Waals surface area contributed by atoms with E-state index in [0.29, 0.717) is 23.4 Å². The molecule has 0 aliphatic heterocycles. The van der Waals surface area contributed by atoms with Gasteiger partial charge in [-0.05, 0) is 48.2 Å². The smallest absolute Gasteiger partial charge is 0.392 e. The number of esters is 1. The first-order valence-corrected chi connectivity index (χ1v) is 10.9. The van der Waals surface area contributed by atoms with Gasteiger partial charge in [0.15, 0.2) is 0 Å². The molecule has 2 aromatic rings. The van der Waals surface area contributed by atoms with Crippen LogP contribution >= 0.6 is 23.2 Å². The van der Waals surface area contributed by atoms with Crippen LogP contribution in [0.5, 0.6) is 0 Å². The van der Waals surface area contributed by atoms with Crippen LogP contribution in [0.3, 0.4) is 0 Å². The summed E-state index contributed by atoms with van der Waals surface area (Å²) in [6.45, 7) is 2.64. The molecule has 3 rings (SSSR count). The molecule has 0 saturated heterocycles. The lowest BCUT2D eigenvalue weighted by molar-refractivity contribution is -0.178. The van der Waals surface area contributed by atoms with Crippen LogP contribution < -0.4 is 5.32 Å². The van der Waals surface area contributed by atoms with Gasteiger partial charge in [0.2, 0.25) is 5.91 Å². The highest BCUT2D eigenvalue weighted by Gasteiger charge is 2.49. The Morgan fingerprint density at radius 2 is 1.75 bits per heavy atom. The van der Waals surface area contributed by atoms with E-state index < -0.39 is 29.5 Å². The van der Waals surface area contributed by atoms with E-state index in [1.807, 2.05) is 0 Å². The van der Waals surface area contributed by atoms with Gasteiger partial charge in [0.25, 0.3) is 0 Å². The third-order valence-electron chi connectivity index (χ3n) is 5.58. The van der Waals surface area contributed by atoms with Crippen molar-refractivity contribution in [2.75, 3.05) is 5.32 Å². The molecule has 1 saturated carbocycles. The average Bonchev–Trinajstić information content (AvgIpc) is 3.50. The maximum absolute atomic E-state index is 13.5. The Kier molecular flexibility index (Phi) is 7.10. The molecule has 32 heavy (non-hydrogen) atoms. The Bertz CT molecular complexity index is 1000. The van der Waals surface area contributed by atoms with E-state index in [2.05, 4.69) is 5.32 Å². The lowest BCUT2D eigenvalue weighted by Crippen LogP contribution is -2.34. The molecule has 2 aromatic carbocycles. The van der Waals surface area contributed by atoms with Crippen LogP contribution in [0.1, 0.15) is 50.2 Å². The molecule has 0 aromatic heterocycles. The highest BCUT2D eigenvalue weighted by Crippen LogP contribution is 2.50. The van der Waals surface area contributed by atoms with Crippen LogP contribution in [0.4, 0.5) is 18.9 Å². The minimum absolute atomic E-state index is 0.154. The van der Waals surface area contributed by atoms with E-state index in [1.54, 1.807) is 19.1 Å². The van der Waals surface area contributed by atoms with Crippen molar-refractivity contribution in [3.63, 3.8) is 0 Å². The molecule has 0 unspecified atom stereocenters. The van der Waals surface area contributed by atoms with Crippen LogP contribution in [-0.2, 0) is 19.9 Å². The highest BCUT2D eigenvalue weighted by molar-refractivity contribution is 6.33. The van der Waals surface area contributed by atoms with E-state index in [0.717, 1.165) is 6.92 Å². The van der Waals surface area contributed by atoms with Crippen LogP contribution in [0.2, 0.25) is 10.0 Å². The average molecular weight is 488 g/mol. The Morgan fingerprint density at radius 1 is 1.12 bits per heavy atom. The zero-order valence-corrected chi connectivity index (χ0v) is 18.9. The summed E-state index contributed by atoms with van der Waals surface area (Å²) in [6, 6.07) is 10.4. The molecule has 172 valence electrons. The zero-order chi connectivity index (χ0) is 23.7. The summed E-state index contributed by atoms with van der Waals surface area (Å²) >= 11 is 12.1. The molecule has 0 spiro atoms. The largest absolute Gasteiger partial charge is 0.454 e. The Hall–Kier alpha value is -2.25. The molecular formula is C23H22Cl2F3NO3. The lowest BCUT2D eigenvalue weighted by Gasteiger charge is -2.26. The van der Waals surface area contributed by atoms with E-state index in [-0.39, 0.29) is 28.7 Å². The van der Waals surface area contributed by atoms with Gasteiger partial charge in [0.05, 0.1) is 22.5 Å². The zero-order valence-electron chi connectivity index (χ0n) is 17.4. The van der Waals surface area contributed by atoms with E-state index in [1.165, 1.54) is 30.3 Å². The van der Waals surface area contributed by atoms with Gasteiger partial charge >= 0.3 is 12.1 Å². The van der Waals surface area contributed by atoms with Gasteiger partial charge in [0.1, 0.15) is 5.60 Å². The number of halogens is 5. The fourth-order valence-electron chi connectivity index (χ4n) is 3.49. The van der Waals surface area contributed by atoms with Crippen molar-refractivity contribution in [1.82, 2.24) is 0 Å². The SMILES string of the molecule is CCC(=O)OC1(c2ccc(Cl)c(NC(=O)[C@H](c3ccc(Cl)cc3)[C@@H](C)C(F)(F)F)c2)CC1. The summed E-state index contributed by atoms with van der Waals surface area (Å²) in [4.78, 5) is 24.8. The minimum atomic E-state index is -4.60. The molecule has 1 N–H and O–H groups in total. The molecule has 1 aliphatic carbocycles. The number of alkyl halides is 3. The molecule has 9 heteroatoms. The number of hydrogen-bond acceptors (Lipinski definition) is 3. The first kappa shape index (κ1) is 24.4. The summed E-state index contributed by atoms with van der Waals surface area (Å²) in [6.07, 6.45) is -3.14. The number of benzene rings is 2. The molecule has 0 bridgehead atoms. The number of nitrogens with one attached hydrogen (secondary N) is 1. The van der Waals surface area contributed by atoms with Crippen LogP contribution in [-0.4, -0.2) is 18.1 Å². The quantitative estimate of drug-likeness (QED) is 0.434. The minimum Gasteiger partial charge on any atom is -0.454 e. The van der Waals surface area contributed by atoms with Crippen molar-refractivity contribution in [2.45, 2.75) is 50.8 Å². The summed E-state index contributed by atoms with van der Waals surface area (Å²) < 4.78 is 46.2. The third-order valence-corrected chi connectivity index (χ3v) is 6.16. The van der Waals surface area contributed by atoms with Gasteiger partial charge in [-0.3, -0.25) is 9.59 Å². The molecule has 0 heterocycles. The second-order valence-electron chi connectivity index (χ2n) is 7.87. The predicted octanol–water partition coefficient (Wildman–Crippen LogP) is 6.86. The Morgan fingerprint density at radius 3 is 2.28 bits per heavy atom. The monoisotopic (exact) mass is 487 g/mol. The van der Waals surface area contributed by atoms with E-state index in [4.69, 9.17) is 27.9 Å². The van der Waals surface area contributed by atoms with Gasteiger partial charge in [-0.1, -0.05) is 55.2 Å². The van der Waals surface area contributed by atoms with Gasteiger partial charge in [0, 0.05) is 11.4 Å². The molecule has 0 radical (unpaired) electrons. The number of carbonyl (C=O) groups excluding carboxylic acids is 2. The van der Waals surface area contributed by atoms with Crippen molar-refractivity contribution >= 4 is 40.8 Å². The molecule has 1 amide bonds. The lowest BCUT2D eigenvalue weighted by atomic mass is 9.86. The molecule has 1 fully saturated rings. The first-order chi connectivity index (χ1) is 15.0. The topological polar surface area (TPSA) is 55.4 Å². The second kappa shape index (κ2) is 9.32. The van der Waals surface area contributed by atoms with Crippen molar-refractivity contribution in [1.29, 1.82) is 0 Å². The summed E-state index contributed by atoms with van der Waals surface area (Å²) in [5.74, 6) is -4.68. The van der Waals surface area contributed by atoms with E-state index in [9.17, 15) is 22.8 Å². The second-order valence-corrected chi connectivity index (χ2v) is 8.71. The van der Waals surface area contributed by atoms with Crippen molar-refractivity contribution < 1.29 is 27.5 Å². The van der Waals surface area contributed by atoms with Crippen molar-refractivity contribution in [3.8, 4) is 0 Å². The van der Waals surface area contributed by atoms with Crippen molar-refractivity contribution in [2.24, 2.45) is 5.92 Å². The number of rotatable bonds is 7. The molecule has 4 nitrogen and oxygen atoms in total. The number of amides is 1. The Balaban J connectivity index is 1.91. The van der Waals surface area contributed by atoms with Crippen LogP contribution in [0.25, 0.3) is 0 Å². The Labute approximate surface area is 194 Å². The summed E-state index contributed by atoms with van der Waals surface area (Å²) in [7, 11) is 0. The normalized spacial score (nSPS) is 16.7. The van der Waals surface area contributed by atoms with E-state index >= 15 is 0 Å². The van der Waals surface area contributed by atoms with Crippen molar-refractivity contribution in [3.05, 3.63) is 63.6 Å². The highest BCUT2D eigenvalue weighted by atomic mass is 35.5. The maximum atomic E-state index is 13.5. The standard InChI is InChI=1S/C23H22Cl2F3NO3/c1-3-19(30)32-22(10-11-22)15-6-9-17(25)18(12-15)29-21(31)20(13(2)23(26,27)28)14-4-7-16(24)8-5-14/h4-9,12-13,20H,3,10-11H2,1-2H3,(H,29,31)/t13-,20+/m1/s1. The summed E-state index contributed by atoms with van der Waals surface area (Å²) in [5.41, 5.74) is 0.179. The first-order valence-electron chi connectivity index (χ1n) is 10.1. The third kappa shape index (κ3) is 5.38. The number of carbonyl (C=O) groups is 2. The maximum Gasteiger partial charge on any atom is 0.392 e. The molecule has 2 atom stereocenters. The number of ether oxygens (including phenoxy) is 1.